The molecule has 1 unspecified atom stereocenters. The SMILES string of the molecule is CC(Cc1cc(-c2cccc(-c3ccc(C(C)(C)C(=O)O)cc3)c2)c2ncccc2c1)S(C)(=O)=O. The molecule has 0 fully saturated rings. The van der Waals surface area contributed by atoms with Crippen molar-refractivity contribution in [2.24, 2.45) is 0 Å². The summed E-state index contributed by atoms with van der Waals surface area (Å²) in [4.78, 5) is 16.2. The van der Waals surface area contributed by atoms with Crippen LogP contribution in [-0.4, -0.2) is 36.0 Å². The first-order valence-electron chi connectivity index (χ1n) is 11.5. The van der Waals surface area contributed by atoms with Gasteiger partial charge in [0, 0.05) is 23.4 Å². The first kappa shape index (κ1) is 24.6. The van der Waals surface area contributed by atoms with Gasteiger partial charge in [0.25, 0.3) is 0 Å². The summed E-state index contributed by atoms with van der Waals surface area (Å²) < 4.78 is 24.1. The van der Waals surface area contributed by atoms with E-state index in [4.69, 9.17) is 0 Å². The fourth-order valence-electron chi connectivity index (χ4n) is 4.14. The maximum atomic E-state index is 12.0. The average molecular weight is 488 g/mol. The molecule has 1 N–H and O–H groups in total. The molecule has 6 heteroatoms. The molecule has 0 aliphatic heterocycles. The lowest BCUT2D eigenvalue weighted by molar-refractivity contribution is -0.142. The number of carbonyl (C=O) groups is 1. The molecule has 1 heterocycles. The first-order chi connectivity index (χ1) is 16.5. The van der Waals surface area contributed by atoms with Gasteiger partial charge in [-0.25, -0.2) is 8.42 Å². The summed E-state index contributed by atoms with van der Waals surface area (Å²) in [6.45, 7) is 5.12. The zero-order chi connectivity index (χ0) is 25.4. The van der Waals surface area contributed by atoms with Crippen LogP contribution in [0.1, 0.15) is 31.9 Å². The molecule has 0 saturated carbocycles. The summed E-state index contributed by atoms with van der Waals surface area (Å²) in [6, 6.07) is 23.7. The molecule has 0 saturated heterocycles. The highest BCUT2D eigenvalue weighted by molar-refractivity contribution is 7.91. The van der Waals surface area contributed by atoms with Crippen LogP contribution < -0.4 is 0 Å². The van der Waals surface area contributed by atoms with Gasteiger partial charge in [-0.3, -0.25) is 9.78 Å². The Morgan fingerprint density at radius 2 is 1.63 bits per heavy atom. The number of pyridine rings is 1. The maximum Gasteiger partial charge on any atom is 0.313 e. The van der Waals surface area contributed by atoms with Crippen molar-refractivity contribution in [3.05, 3.63) is 90.1 Å². The minimum absolute atomic E-state index is 0.428. The van der Waals surface area contributed by atoms with Crippen molar-refractivity contribution in [1.82, 2.24) is 4.98 Å². The van der Waals surface area contributed by atoms with Crippen LogP contribution in [0.5, 0.6) is 0 Å². The molecule has 0 aliphatic rings. The number of carboxylic acids is 1. The smallest absolute Gasteiger partial charge is 0.313 e. The molecular weight excluding hydrogens is 458 g/mol. The molecule has 1 atom stereocenters. The van der Waals surface area contributed by atoms with E-state index in [-0.39, 0.29) is 0 Å². The number of aromatic nitrogens is 1. The third-order valence-corrected chi connectivity index (χ3v) is 8.30. The van der Waals surface area contributed by atoms with Crippen molar-refractivity contribution >= 4 is 26.7 Å². The largest absolute Gasteiger partial charge is 0.481 e. The fourth-order valence-corrected chi connectivity index (χ4v) is 4.64. The fraction of sp³-hybridized carbons (Fsp3) is 0.241. The molecule has 35 heavy (non-hydrogen) atoms. The van der Waals surface area contributed by atoms with Crippen LogP contribution in [0.4, 0.5) is 0 Å². The Bertz CT molecular complexity index is 1510. The summed E-state index contributed by atoms with van der Waals surface area (Å²) in [5.41, 5.74) is 5.50. The molecule has 0 radical (unpaired) electrons. The second-order valence-electron chi connectivity index (χ2n) is 9.65. The zero-order valence-corrected chi connectivity index (χ0v) is 21.1. The molecule has 4 aromatic rings. The topological polar surface area (TPSA) is 84.3 Å². The van der Waals surface area contributed by atoms with E-state index in [9.17, 15) is 18.3 Å². The summed E-state index contributed by atoms with van der Waals surface area (Å²) in [6.07, 6.45) is 3.46. The Hall–Kier alpha value is -3.51. The number of sulfone groups is 1. The van der Waals surface area contributed by atoms with Gasteiger partial charge in [-0.1, -0.05) is 48.5 Å². The Labute approximate surface area is 206 Å². The summed E-state index contributed by atoms with van der Waals surface area (Å²) in [5, 5.41) is 9.99. The minimum Gasteiger partial charge on any atom is -0.481 e. The van der Waals surface area contributed by atoms with E-state index in [1.54, 1.807) is 27.0 Å². The lowest BCUT2D eigenvalue weighted by Gasteiger charge is -2.20. The van der Waals surface area contributed by atoms with Gasteiger partial charge in [-0.2, -0.15) is 0 Å². The van der Waals surface area contributed by atoms with E-state index >= 15 is 0 Å². The number of carboxylic acid groups (broad SMARTS) is 1. The van der Waals surface area contributed by atoms with Crippen LogP contribution in [0.3, 0.4) is 0 Å². The number of benzene rings is 3. The average Bonchev–Trinajstić information content (AvgIpc) is 2.83. The Morgan fingerprint density at radius 1 is 0.943 bits per heavy atom. The van der Waals surface area contributed by atoms with Crippen molar-refractivity contribution in [2.75, 3.05) is 6.26 Å². The van der Waals surface area contributed by atoms with E-state index in [0.717, 1.165) is 44.3 Å². The second kappa shape index (κ2) is 9.27. The van der Waals surface area contributed by atoms with Gasteiger partial charge in [0.05, 0.1) is 16.2 Å². The van der Waals surface area contributed by atoms with Gasteiger partial charge in [0.1, 0.15) is 9.84 Å². The van der Waals surface area contributed by atoms with E-state index in [1.165, 1.54) is 6.26 Å². The highest BCUT2D eigenvalue weighted by atomic mass is 32.2. The Morgan fingerprint density at radius 3 is 2.29 bits per heavy atom. The van der Waals surface area contributed by atoms with Crippen molar-refractivity contribution in [3.63, 3.8) is 0 Å². The van der Waals surface area contributed by atoms with Crippen LogP contribution in [0.25, 0.3) is 33.2 Å². The van der Waals surface area contributed by atoms with E-state index in [1.807, 2.05) is 66.7 Å². The molecule has 1 aromatic heterocycles. The van der Waals surface area contributed by atoms with Gasteiger partial charge >= 0.3 is 5.97 Å². The molecule has 0 bridgehead atoms. The van der Waals surface area contributed by atoms with Crippen LogP contribution in [-0.2, 0) is 26.5 Å². The van der Waals surface area contributed by atoms with Gasteiger partial charge in [0.15, 0.2) is 0 Å². The molecule has 0 spiro atoms. The lowest BCUT2D eigenvalue weighted by atomic mass is 9.84. The van der Waals surface area contributed by atoms with Crippen molar-refractivity contribution in [2.45, 2.75) is 37.9 Å². The van der Waals surface area contributed by atoms with Crippen molar-refractivity contribution < 1.29 is 18.3 Å². The second-order valence-corrected chi connectivity index (χ2v) is 12.1. The van der Waals surface area contributed by atoms with Gasteiger partial charge in [-0.05, 0) is 79.3 Å². The molecule has 3 aromatic carbocycles. The normalized spacial score (nSPS) is 13.0. The van der Waals surface area contributed by atoms with Gasteiger partial charge in [0.2, 0.25) is 0 Å². The predicted molar refractivity (Wildman–Crippen MR) is 141 cm³/mol. The monoisotopic (exact) mass is 487 g/mol. The molecule has 5 nitrogen and oxygen atoms in total. The molecular formula is C29H29NO4S. The number of nitrogens with zero attached hydrogens (tertiary/aromatic N) is 1. The highest BCUT2D eigenvalue weighted by Crippen LogP contribution is 2.33. The molecule has 4 rings (SSSR count). The highest BCUT2D eigenvalue weighted by Gasteiger charge is 2.29. The van der Waals surface area contributed by atoms with Crippen LogP contribution in [0, 0.1) is 0 Å². The van der Waals surface area contributed by atoms with Crippen LogP contribution >= 0.6 is 0 Å². The van der Waals surface area contributed by atoms with E-state index in [0.29, 0.717) is 6.42 Å². The lowest BCUT2D eigenvalue weighted by Crippen LogP contribution is -2.28. The van der Waals surface area contributed by atoms with Crippen molar-refractivity contribution in [3.8, 4) is 22.3 Å². The quantitative estimate of drug-likeness (QED) is 0.350. The standard InChI is InChI=1S/C29H29NO4S/c1-19(35(4,33)34)15-20-16-24-9-6-14-30-27(24)26(17-20)23-8-5-7-22(18-23)21-10-12-25(13-11-21)29(2,3)28(31)32/h5-14,16-19H,15H2,1-4H3,(H,31,32). The molecule has 0 aliphatic carbocycles. The van der Waals surface area contributed by atoms with Crippen LogP contribution in [0.15, 0.2) is 79.0 Å². The number of hydrogen-bond acceptors (Lipinski definition) is 4. The summed E-state index contributed by atoms with van der Waals surface area (Å²) in [7, 11) is -3.15. The summed E-state index contributed by atoms with van der Waals surface area (Å²) >= 11 is 0. The van der Waals surface area contributed by atoms with Crippen molar-refractivity contribution in [1.29, 1.82) is 0 Å². The predicted octanol–water partition coefficient (Wildman–Crippen LogP) is 5.91. The number of fused-ring (bicyclic) bond motifs is 1. The third-order valence-electron chi connectivity index (χ3n) is 6.67. The third kappa shape index (κ3) is 5.13. The van der Waals surface area contributed by atoms with Crippen LogP contribution in [0.2, 0.25) is 0 Å². The number of rotatable bonds is 7. The maximum absolute atomic E-state index is 12.0. The Kier molecular flexibility index (Phi) is 6.52. The number of aliphatic carboxylic acids is 1. The molecule has 0 amide bonds. The Balaban J connectivity index is 1.77. The van der Waals surface area contributed by atoms with E-state index < -0.39 is 26.5 Å². The molecule has 180 valence electrons. The van der Waals surface area contributed by atoms with Gasteiger partial charge < -0.3 is 5.11 Å². The minimum atomic E-state index is -3.15. The number of hydrogen-bond donors (Lipinski definition) is 1. The first-order valence-corrected chi connectivity index (χ1v) is 13.4. The zero-order valence-electron chi connectivity index (χ0n) is 20.3. The summed E-state index contributed by atoms with van der Waals surface area (Å²) in [5.74, 6) is -0.864. The van der Waals surface area contributed by atoms with E-state index in [2.05, 4.69) is 11.1 Å². The van der Waals surface area contributed by atoms with Gasteiger partial charge in [-0.15, -0.1) is 0 Å².